The molecule has 0 saturated heterocycles. The lowest BCUT2D eigenvalue weighted by atomic mass is 9.94. The van der Waals surface area contributed by atoms with Gasteiger partial charge >= 0.3 is 5.97 Å². The molecule has 9 heteroatoms. The van der Waals surface area contributed by atoms with Crippen LogP contribution in [0.15, 0.2) is 53.4 Å². The maximum absolute atomic E-state index is 12.8. The van der Waals surface area contributed by atoms with Crippen LogP contribution in [0.1, 0.15) is 17.9 Å². The van der Waals surface area contributed by atoms with Gasteiger partial charge in [-0.15, -0.1) is 11.6 Å². The minimum atomic E-state index is -3.75. The van der Waals surface area contributed by atoms with Crippen LogP contribution in [0.5, 0.6) is 11.5 Å². The molecular weight excluding hydrogens is 406 g/mol. The van der Waals surface area contributed by atoms with Crippen LogP contribution in [0.25, 0.3) is 0 Å². The van der Waals surface area contributed by atoms with Crippen molar-refractivity contribution in [1.29, 1.82) is 0 Å². The van der Waals surface area contributed by atoms with Crippen molar-refractivity contribution in [2.45, 2.75) is 34.8 Å². The van der Waals surface area contributed by atoms with Crippen LogP contribution < -0.4 is 14.2 Å². The minimum Gasteiger partial charge on any atom is -0.485 e. The van der Waals surface area contributed by atoms with E-state index in [1.807, 2.05) is 6.07 Å². The summed E-state index contributed by atoms with van der Waals surface area (Å²) in [6, 6.07) is 12.7. The van der Waals surface area contributed by atoms with E-state index >= 15 is 0 Å². The molecule has 2 aliphatic rings. The van der Waals surface area contributed by atoms with Gasteiger partial charge in [0.15, 0.2) is 18.1 Å². The van der Waals surface area contributed by atoms with Gasteiger partial charge < -0.3 is 14.6 Å². The van der Waals surface area contributed by atoms with Gasteiger partial charge in [-0.1, -0.05) is 30.3 Å². The molecule has 2 aromatic carbocycles. The summed E-state index contributed by atoms with van der Waals surface area (Å²) in [6.45, 7) is -0.489. The monoisotopic (exact) mass is 423 g/mol. The van der Waals surface area contributed by atoms with E-state index in [0.29, 0.717) is 17.9 Å². The van der Waals surface area contributed by atoms with E-state index < -0.39 is 34.0 Å². The van der Waals surface area contributed by atoms with Gasteiger partial charge in [0.25, 0.3) is 0 Å². The second-order valence-electron chi connectivity index (χ2n) is 6.75. The molecule has 0 bridgehead atoms. The van der Waals surface area contributed by atoms with Crippen molar-refractivity contribution >= 4 is 27.6 Å². The fraction of sp³-hybridized carbons (Fsp3) is 0.316. The van der Waals surface area contributed by atoms with Gasteiger partial charge in [0.1, 0.15) is 6.10 Å². The Morgan fingerprint density at radius 1 is 1.21 bits per heavy atom. The number of ether oxygens (including phenoxy) is 2. The van der Waals surface area contributed by atoms with Crippen LogP contribution in [0, 0.1) is 0 Å². The van der Waals surface area contributed by atoms with Crippen molar-refractivity contribution in [3.05, 3.63) is 54.1 Å². The third-order valence-corrected chi connectivity index (χ3v) is 6.89. The topological polar surface area (TPSA) is 102 Å². The number of hydrogen-bond donors (Lipinski definition) is 2. The lowest BCUT2D eigenvalue weighted by molar-refractivity contribution is -0.139. The highest BCUT2D eigenvalue weighted by Gasteiger charge is 2.51. The Balaban J connectivity index is 1.63. The lowest BCUT2D eigenvalue weighted by Gasteiger charge is -2.22. The lowest BCUT2D eigenvalue weighted by Crippen LogP contribution is -2.41. The van der Waals surface area contributed by atoms with Crippen LogP contribution in [0.3, 0.4) is 0 Å². The van der Waals surface area contributed by atoms with Gasteiger partial charge in [0, 0.05) is 23.9 Å². The summed E-state index contributed by atoms with van der Waals surface area (Å²) in [5.74, 6) is -0.606. The van der Waals surface area contributed by atoms with E-state index in [9.17, 15) is 13.2 Å². The van der Waals surface area contributed by atoms with Crippen LogP contribution in [0.4, 0.5) is 0 Å². The molecule has 4 unspecified atom stereocenters. The first-order valence-corrected chi connectivity index (χ1v) is 10.6. The molecule has 1 saturated carbocycles. The van der Waals surface area contributed by atoms with Crippen molar-refractivity contribution in [2.24, 2.45) is 0 Å². The van der Waals surface area contributed by atoms with Crippen molar-refractivity contribution in [3.63, 3.8) is 0 Å². The van der Waals surface area contributed by atoms with Crippen LogP contribution >= 0.6 is 11.6 Å². The number of benzene rings is 2. The highest BCUT2D eigenvalue weighted by molar-refractivity contribution is 7.89. The van der Waals surface area contributed by atoms with Crippen LogP contribution in [0.2, 0.25) is 0 Å². The van der Waals surface area contributed by atoms with Crippen molar-refractivity contribution in [2.75, 3.05) is 6.61 Å². The molecule has 4 atom stereocenters. The van der Waals surface area contributed by atoms with Gasteiger partial charge in [-0.3, -0.25) is 0 Å². The number of fused-ring (bicyclic) bond motifs is 3. The molecule has 1 aliphatic carbocycles. The Morgan fingerprint density at radius 2 is 1.96 bits per heavy atom. The number of carboxylic acids is 1. The smallest absolute Gasteiger partial charge is 0.341 e. The number of para-hydroxylation sites is 1. The zero-order valence-electron chi connectivity index (χ0n) is 14.6. The number of aliphatic carboxylic acids is 1. The number of nitrogens with one attached hydrogen (secondary N) is 1. The van der Waals surface area contributed by atoms with Gasteiger partial charge in [-0.05, 0) is 18.2 Å². The molecule has 2 aromatic rings. The number of halogens is 1. The minimum absolute atomic E-state index is 0.167. The predicted octanol–water partition coefficient (Wildman–Crippen LogP) is 2.35. The molecule has 2 N–H and O–H groups in total. The Morgan fingerprint density at radius 3 is 2.68 bits per heavy atom. The molecule has 0 amide bonds. The number of carbonyl (C=O) groups is 1. The van der Waals surface area contributed by atoms with E-state index in [0.717, 1.165) is 5.56 Å². The van der Waals surface area contributed by atoms with E-state index in [2.05, 4.69) is 4.72 Å². The maximum atomic E-state index is 12.8. The van der Waals surface area contributed by atoms with E-state index in [-0.39, 0.29) is 16.9 Å². The summed E-state index contributed by atoms with van der Waals surface area (Å²) in [5, 5.41) is 8.40. The molecule has 1 fully saturated rings. The highest BCUT2D eigenvalue weighted by atomic mass is 35.5. The maximum Gasteiger partial charge on any atom is 0.341 e. The first-order valence-electron chi connectivity index (χ1n) is 8.72. The molecule has 0 aromatic heterocycles. The molecule has 0 radical (unpaired) electrons. The Bertz CT molecular complexity index is 997. The largest absolute Gasteiger partial charge is 0.485 e. The number of alkyl halides is 1. The average Bonchev–Trinajstić information content (AvgIpc) is 3.17. The van der Waals surface area contributed by atoms with Crippen LogP contribution in [-0.2, 0) is 14.8 Å². The highest BCUT2D eigenvalue weighted by Crippen LogP contribution is 2.52. The Hall–Kier alpha value is -2.29. The zero-order valence-corrected chi connectivity index (χ0v) is 16.2. The second-order valence-corrected chi connectivity index (χ2v) is 9.03. The average molecular weight is 424 g/mol. The molecule has 1 heterocycles. The van der Waals surface area contributed by atoms with Gasteiger partial charge in [0.2, 0.25) is 10.0 Å². The molecule has 7 nitrogen and oxygen atoms in total. The standard InChI is InChI=1S/C19H18ClNO6S/c20-13-9-15-17(18(13)21-28(24,25)11-5-2-1-3-6-11)12-7-4-8-14(19(12)27-15)26-10-16(22)23/h1-8,13,15,17-18,21H,9-10H2,(H,22,23). The summed E-state index contributed by atoms with van der Waals surface area (Å²) in [5.41, 5.74) is 0.761. The Kier molecular flexibility index (Phi) is 4.95. The second kappa shape index (κ2) is 7.27. The summed E-state index contributed by atoms with van der Waals surface area (Å²) in [7, 11) is -3.75. The van der Waals surface area contributed by atoms with Crippen LogP contribution in [-0.4, -0.2) is 43.6 Å². The number of sulfonamides is 1. The summed E-state index contributed by atoms with van der Waals surface area (Å²) in [4.78, 5) is 11.0. The molecule has 148 valence electrons. The third kappa shape index (κ3) is 3.43. The van der Waals surface area contributed by atoms with Crippen molar-refractivity contribution in [1.82, 2.24) is 4.72 Å². The van der Waals surface area contributed by atoms with Gasteiger partial charge in [0.05, 0.1) is 10.3 Å². The first kappa shape index (κ1) is 19.0. The predicted molar refractivity (Wildman–Crippen MR) is 102 cm³/mol. The fourth-order valence-corrected chi connectivity index (χ4v) is 5.60. The quantitative estimate of drug-likeness (QED) is 0.691. The van der Waals surface area contributed by atoms with E-state index in [1.165, 1.54) is 12.1 Å². The van der Waals surface area contributed by atoms with Crippen molar-refractivity contribution < 1.29 is 27.8 Å². The first-order chi connectivity index (χ1) is 13.4. The van der Waals surface area contributed by atoms with Gasteiger partial charge in [-0.2, -0.15) is 0 Å². The number of rotatable bonds is 6. The molecule has 4 rings (SSSR count). The van der Waals surface area contributed by atoms with E-state index in [1.54, 1.807) is 30.3 Å². The summed E-state index contributed by atoms with van der Waals surface area (Å²) >= 11 is 6.47. The summed E-state index contributed by atoms with van der Waals surface area (Å²) in [6.07, 6.45) is 0.150. The Labute approximate surface area is 167 Å². The molecule has 28 heavy (non-hydrogen) atoms. The van der Waals surface area contributed by atoms with Crippen molar-refractivity contribution in [3.8, 4) is 11.5 Å². The van der Waals surface area contributed by atoms with Gasteiger partial charge in [-0.25, -0.2) is 17.9 Å². The van der Waals surface area contributed by atoms with E-state index in [4.69, 9.17) is 26.2 Å². The summed E-state index contributed by atoms with van der Waals surface area (Å²) < 4.78 is 39.6. The molecule has 1 aliphatic heterocycles. The molecule has 0 spiro atoms. The fourth-order valence-electron chi connectivity index (χ4n) is 3.81. The number of hydrogen-bond acceptors (Lipinski definition) is 5. The normalized spacial score (nSPS) is 25.6. The third-order valence-electron chi connectivity index (χ3n) is 4.97. The number of carboxylic acid groups (broad SMARTS) is 1. The SMILES string of the molecule is O=C(O)COc1cccc2c1OC1CC(Cl)C(NS(=O)(=O)c3ccccc3)C21. The molecular formula is C19H18ClNO6S. The zero-order chi connectivity index (χ0) is 19.9.